The van der Waals surface area contributed by atoms with Gasteiger partial charge in [0.05, 0.1) is 102 Å². The molecular formula is C25H56N3O8+3. The molecule has 1 fully saturated rings. The largest absolute Gasteiger partial charge is 0.385 e. The van der Waals surface area contributed by atoms with Crippen LogP contribution in [0, 0.1) is 0 Å². The molecule has 0 aromatic heterocycles. The monoisotopic (exact) mass is 526 g/mol. The lowest BCUT2D eigenvalue weighted by Gasteiger charge is -2.41. The summed E-state index contributed by atoms with van der Waals surface area (Å²) in [5.41, 5.74) is 0. The van der Waals surface area contributed by atoms with E-state index in [-0.39, 0.29) is 32.5 Å². The Morgan fingerprint density at radius 3 is 1.61 bits per heavy atom. The summed E-state index contributed by atoms with van der Waals surface area (Å²) in [6, 6.07) is 0. The quantitative estimate of drug-likeness (QED) is 0.202. The predicted molar refractivity (Wildman–Crippen MR) is 137 cm³/mol. The van der Waals surface area contributed by atoms with Gasteiger partial charge in [-0.1, -0.05) is 0 Å². The van der Waals surface area contributed by atoms with E-state index >= 15 is 0 Å². The average Bonchev–Trinajstić information content (AvgIpc) is 2.66. The van der Waals surface area contributed by atoms with Crippen LogP contribution in [0.2, 0.25) is 0 Å². The second kappa shape index (κ2) is 14.6. The fourth-order valence-electron chi connectivity index (χ4n) is 4.38. The molecule has 0 bridgehead atoms. The highest BCUT2D eigenvalue weighted by Gasteiger charge is 2.41. The summed E-state index contributed by atoms with van der Waals surface area (Å²) >= 11 is 0. The number of rotatable bonds is 17. The van der Waals surface area contributed by atoms with Gasteiger partial charge in [-0.2, -0.15) is 0 Å². The Morgan fingerprint density at radius 2 is 1.17 bits per heavy atom. The van der Waals surface area contributed by atoms with Gasteiger partial charge < -0.3 is 52.5 Å². The van der Waals surface area contributed by atoms with Crippen LogP contribution in [0.5, 0.6) is 0 Å². The van der Waals surface area contributed by atoms with Crippen LogP contribution in [0.1, 0.15) is 6.42 Å². The fraction of sp³-hybridized carbons (Fsp3) is 1.00. The molecule has 0 radical (unpaired) electrons. The van der Waals surface area contributed by atoms with Crippen molar-refractivity contribution < 1.29 is 52.5 Å². The molecule has 1 aliphatic heterocycles. The van der Waals surface area contributed by atoms with Crippen LogP contribution in [0.3, 0.4) is 0 Å². The maximum Gasteiger partial charge on any atom is 0.186 e. The Hall–Kier alpha value is -0.440. The molecule has 0 spiro atoms. The normalized spacial score (nSPS) is 26.6. The molecule has 3 unspecified atom stereocenters. The van der Waals surface area contributed by atoms with Gasteiger partial charge in [-0.25, -0.2) is 0 Å². The molecule has 11 heteroatoms. The van der Waals surface area contributed by atoms with Crippen LogP contribution in [-0.2, 0) is 23.7 Å². The van der Waals surface area contributed by atoms with Crippen molar-refractivity contribution in [1.29, 1.82) is 0 Å². The van der Waals surface area contributed by atoms with E-state index in [2.05, 4.69) is 0 Å². The molecule has 36 heavy (non-hydrogen) atoms. The topological polar surface area (TPSA) is 107 Å². The Kier molecular flexibility index (Phi) is 13.7. The van der Waals surface area contributed by atoms with E-state index in [0.717, 1.165) is 0 Å². The summed E-state index contributed by atoms with van der Waals surface area (Å²) in [6.07, 6.45) is -3.46. The third kappa shape index (κ3) is 15.1. The number of hydrogen-bond donors (Lipinski definition) is 3. The molecule has 216 valence electrons. The van der Waals surface area contributed by atoms with Crippen molar-refractivity contribution in [2.45, 2.75) is 49.3 Å². The van der Waals surface area contributed by atoms with Crippen molar-refractivity contribution in [3.05, 3.63) is 0 Å². The van der Waals surface area contributed by atoms with Gasteiger partial charge in [0.25, 0.3) is 0 Å². The van der Waals surface area contributed by atoms with Gasteiger partial charge >= 0.3 is 0 Å². The van der Waals surface area contributed by atoms with Crippen molar-refractivity contribution >= 4 is 0 Å². The van der Waals surface area contributed by atoms with E-state index < -0.39 is 36.8 Å². The van der Waals surface area contributed by atoms with Crippen molar-refractivity contribution in [3.8, 4) is 0 Å². The number of methoxy groups -OCH3 is 1. The van der Waals surface area contributed by atoms with Crippen molar-refractivity contribution in [3.63, 3.8) is 0 Å². The fourth-order valence-corrected chi connectivity index (χ4v) is 4.38. The van der Waals surface area contributed by atoms with Crippen LogP contribution >= 0.6 is 0 Å². The first kappa shape index (κ1) is 33.6. The van der Waals surface area contributed by atoms with Gasteiger partial charge in [-0.3, -0.25) is 0 Å². The molecule has 0 aromatic carbocycles. The van der Waals surface area contributed by atoms with Crippen LogP contribution in [0.15, 0.2) is 0 Å². The molecule has 11 nitrogen and oxygen atoms in total. The van der Waals surface area contributed by atoms with Gasteiger partial charge in [0.1, 0.15) is 44.1 Å². The predicted octanol–water partition coefficient (Wildman–Crippen LogP) is -1.26. The SMILES string of the molecule is CO[C@@H]1O[C@H](COCC(O)C[N+](C)(C)C)C[C@H](OCC(O)C[N+](C)(C)C)[C@H]1OCC(O)C[N+](C)(C)C. The van der Waals surface area contributed by atoms with E-state index in [1.165, 1.54) is 0 Å². The first-order valence-corrected chi connectivity index (χ1v) is 12.8. The van der Waals surface area contributed by atoms with Crippen LogP contribution in [0.4, 0.5) is 0 Å². The maximum atomic E-state index is 10.5. The first-order valence-electron chi connectivity index (χ1n) is 12.8. The summed E-state index contributed by atoms with van der Waals surface area (Å²) < 4.78 is 31.6. The number of aliphatic hydroxyl groups excluding tert-OH is 3. The zero-order chi connectivity index (χ0) is 27.7. The minimum atomic E-state index is -0.722. The van der Waals surface area contributed by atoms with Crippen LogP contribution in [0.25, 0.3) is 0 Å². The number of likely N-dealkylation sites (N-methyl/N-ethyl adjacent to an activating group) is 3. The maximum absolute atomic E-state index is 10.5. The van der Waals surface area contributed by atoms with E-state index in [1.807, 2.05) is 63.4 Å². The standard InChI is InChI=1S/C25H56N3O8/c1-26(2,3)12-19(29)15-33-18-22-11-23(34-16-20(30)13-27(4,5)6)24(25(32-10)36-22)35-17-21(31)14-28(7,8)9/h19-25,29-31H,11-18H2,1-10H3/q+3/t19?,20?,21?,22-,23-,24+,25+/m0/s1. The zero-order valence-electron chi connectivity index (χ0n) is 24.4. The average molecular weight is 527 g/mol. The number of quaternary nitrogens is 3. The molecule has 0 saturated carbocycles. The number of ether oxygens (including phenoxy) is 5. The minimum Gasteiger partial charge on any atom is -0.385 e. The highest BCUT2D eigenvalue weighted by atomic mass is 16.7. The molecule has 0 amide bonds. The first-order chi connectivity index (χ1) is 16.4. The van der Waals surface area contributed by atoms with Gasteiger partial charge in [-0.15, -0.1) is 0 Å². The molecular weight excluding hydrogens is 470 g/mol. The Labute approximate surface area is 218 Å². The lowest BCUT2D eigenvalue weighted by molar-refractivity contribution is -0.873. The summed E-state index contributed by atoms with van der Waals surface area (Å²) in [7, 11) is 19.7. The molecule has 1 heterocycles. The highest BCUT2D eigenvalue weighted by molar-refractivity contribution is 4.85. The smallest absolute Gasteiger partial charge is 0.186 e. The van der Waals surface area contributed by atoms with Crippen molar-refractivity contribution in [1.82, 2.24) is 0 Å². The molecule has 3 N–H and O–H groups in total. The summed E-state index contributed by atoms with van der Waals surface area (Å²) in [4.78, 5) is 0. The van der Waals surface area contributed by atoms with E-state index in [4.69, 9.17) is 23.7 Å². The van der Waals surface area contributed by atoms with Crippen molar-refractivity contribution in [2.24, 2.45) is 0 Å². The van der Waals surface area contributed by atoms with Gasteiger partial charge in [-0.05, 0) is 0 Å². The molecule has 1 rings (SSSR count). The van der Waals surface area contributed by atoms with E-state index in [0.29, 0.717) is 39.5 Å². The summed E-state index contributed by atoms with van der Waals surface area (Å²) in [6.45, 7) is 2.39. The van der Waals surface area contributed by atoms with Crippen LogP contribution in [-0.4, -0.2) is 188 Å². The Bertz CT molecular complexity index is 606. The van der Waals surface area contributed by atoms with Crippen LogP contribution < -0.4 is 0 Å². The molecule has 0 aromatic rings. The van der Waals surface area contributed by atoms with E-state index in [1.54, 1.807) is 7.11 Å². The second-order valence-corrected chi connectivity index (χ2v) is 13.2. The second-order valence-electron chi connectivity index (χ2n) is 13.2. The lowest BCUT2D eigenvalue weighted by Crippen LogP contribution is -2.54. The molecule has 7 atom stereocenters. The molecule has 1 saturated heterocycles. The van der Waals surface area contributed by atoms with Gasteiger partial charge in [0.15, 0.2) is 6.29 Å². The summed E-state index contributed by atoms with van der Waals surface area (Å²) in [5.74, 6) is 0. The number of nitrogens with zero attached hydrogens (tertiary/aromatic N) is 3. The van der Waals surface area contributed by atoms with Gasteiger partial charge in [0.2, 0.25) is 0 Å². The molecule has 1 aliphatic rings. The highest BCUT2D eigenvalue weighted by Crippen LogP contribution is 2.27. The number of aliphatic hydroxyl groups is 3. The zero-order valence-corrected chi connectivity index (χ0v) is 24.4. The number of hydrogen-bond acceptors (Lipinski definition) is 8. The molecule has 0 aliphatic carbocycles. The Morgan fingerprint density at radius 1 is 0.722 bits per heavy atom. The minimum absolute atomic E-state index is 0.114. The Balaban J connectivity index is 2.81. The third-order valence-corrected chi connectivity index (χ3v) is 5.56. The lowest BCUT2D eigenvalue weighted by atomic mass is 10.0. The third-order valence-electron chi connectivity index (χ3n) is 5.56. The summed E-state index contributed by atoms with van der Waals surface area (Å²) in [5, 5.41) is 31.2. The van der Waals surface area contributed by atoms with E-state index in [9.17, 15) is 15.3 Å². The van der Waals surface area contributed by atoms with Crippen molar-refractivity contribution in [2.75, 3.05) is 117 Å². The van der Waals surface area contributed by atoms with Gasteiger partial charge in [0, 0.05) is 13.5 Å².